The number of carbonyl (C=O) groups is 3. The molecule has 3 aromatic rings. The van der Waals surface area contributed by atoms with E-state index in [2.05, 4.69) is 5.32 Å². The second kappa shape index (κ2) is 9.58. The van der Waals surface area contributed by atoms with Crippen LogP contribution in [0.1, 0.15) is 15.9 Å². The van der Waals surface area contributed by atoms with Gasteiger partial charge >= 0.3 is 5.97 Å². The third kappa shape index (κ3) is 4.73. The fraction of sp³-hybridized carbons (Fsp3) is 0.0800. The van der Waals surface area contributed by atoms with E-state index in [1.54, 1.807) is 36.4 Å². The van der Waals surface area contributed by atoms with Gasteiger partial charge in [-0.15, -0.1) is 0 Å². The Bertz CT molecular complexity index is 1240. The van der Waals surface area contributed by atoms with Crippen LogP contribution >= 0.6 is 11.6 Å². The molecule has 1 aliphatic rings. The Morgan fingerprint density at radius 2 is 1.52 bits per heavy atom. The second-order valence-electron chi connectivity index (χ2n) is 7.11. The smallest absolute Gasteiger partial charge is 0.343 e. The Hall–Kier alpha value is -4.10. The molecule has 33 heavy (non-hydrogen) atoms. The fourth-order valence-electron chi connectivity index (χ4n) is 3.26. The van der Waals surface area contributed by atoms with Gasteiger partial charge in [-0.05, 0) is 42.0 Å². The molecule has 166 valence electrons. The van der Waals surface area contributed by atoms with E-state index < -0.39 is 17.8 Å². The minimum Gasteiger partial charge on any atom is -0.493 e. The third-order valence-electron chi connectivity index (χ3n) is 4.96. The van der Waals surface area contributed by atoms with Crippen molar-refractivity contribution >= 4 is 35.1 Å². The van der Waals surface area contributed by atoms with Crippen LogP contribution in [0.3, 0.4) is 0 Å². The van der Waals surface area contributed by atoms with E-state index in [-0.39, 0.29) is 17.3 Å². The first-order valence-electron chi connectivity index (χ1n) is 10.00. The maximum Gasteiger partial charge on any atom is 0.343 e. The molecule has 0 radical (unpaired) electrons. The minimum absolute atomic E-state index is 0.0121. The Kier molecular flexibility index (Phi) is 6.42. The van der Waals surface area contributed by atoms with Gasteiger partial charge in [0.25, 0.3) is 11.8 Å². The third-order valence-corrected chi connectivity index (χ3v) is 5.31. The summed E-state index contributed by atoms with van der Waals surface area (Å²) in [7, 11) is 1.49. The number of ether oxygens (including phenoxy) is 2. The molecule has 0 spiro atoms. The summed E-state index contributed by atoms with van der Waals surface area (Å²) in [6, 6.07) is 22.2. The number of nitrogens with one attached hydrogen (secondary N) is 1. The molecule has 1 N–H and O–H groups in total. The fourth-order valence-corrected chi connectivity index (χ4v) is 3.49. The molecule has 7 nitrogen and oxygen atoms in total. The molecule has 1 heterocycles. The standard InChI is InChI=1S/C25H19ClN2O5/c1-32-19-9-5-6-10-20(19)33-25(31)17-11-13-18(14-12-17)27-22-21(26)23(29)28(24(22)30)15-16-7-3-2-4-8-16/h2-14,27H,15H2,1H3. The van der Waals surface area contributed by atoms with Gasteiger partial charge in [0, 0.05) is 5.69 Å². The van der Waals surface area contributed by atoms with Crippen LogP contribution in [0, 0.1) is 0 Å². The SMILES string of the molecule is COc1ccccc1OC(=O)c1ccc(NC2=C(Cl)C(=O)N(Cc3ccccc3)C2=O)cc1. The lowest BCUT2D eigenvalue weighted by molar-refractivity contribution is -0.138. The molecule has 0 bridgehead atoms. The molecule has 8 heteroatoms. The summed E-state index contributed by atoms with van der Waals surface area (Å²) >= 11 is 6.15. The average molecular weight is 463 g/mol. The monoisotopic (exact) mass is 462 g/mol. The van der Waals surface area contributed by atoms with E-state index in [0.717, 1.165) is 10.5 Å². The van der Waals surface area contributed by atoms with Gasteiger partial charge in [-0.2, -0.15) is 0 Å². The Balaban J connectivity index is 1.44. The molecule has 0 fully saturated rings. The van der Waals surface area contributed by atoms with Gasteiger partial charge in [0.1, 0.15) is 10.7 Å². The van der Waals surface area contributed by atoms with E-state index in [1.807, 2.05) is 30.3 Å². The summed E-state index contributed by atoms with van der Waals surface area (Å²) in [5, 5.41) is 2.70. The van der Waals surface area contributed by atoms with E-state index in [9.17, 15) is 14.4 Å². The quantitative estimate of drug-likeness (QED) is 0.319. The highest BCUT2D eigenvalue weighted by molar-refractivity contribution is 6.48. The number of imide groups is 1. The van der Waals surface area contributed by atoms with Crippen molar-refractivity contribution in [2.24, 2.45) is 0 Å². The highest BCUT2D eigenvalue weighted by atomic mass is 35.5. The summed E-state index contributed by atoms with van der Waals surface area (Å²) in [5.41, 5.74) is 1.58. The molecule has 1 aliphatic heterocycles. The van der Waals surface area contributed by atoms with Crippen LogP contribution in [0.2, 0.25) is 0 Å². The van der Waals surface area contributed by atoms with Crippen molar-refractivity contribution in [1.29, 1.82) is 0 Å². The molecule has 0 saturated heterocycles. The first-order chi connectivity index (χ1) is 16.0. The number of nitrogens with zero attached hydrogens (tertiary/aromatic N) is 1. The van der Waals surface area contributed by atoms with Crippen LogP contribution in [0.4, 0.5) is 5.69 Å². The van der Waals surface area contributed by atoms with Crippen LogP contribution in [0.5, 0.6) is 11.5 Å². The number of hydrogen-bond acceptors (Lipinski definition) is 6. The van der Waals surface area contributed by atoms with E-state index in [4.69, 9.17) is 21.1 Å². The molecule has 3 aromatic carbocycles. The number of esters is 1. The lowest BCUT2D eigenvalue weighted by Gasteiger charge is -2.15. The van der Waals surface area contributed by atoms with Crippen molar-refractivity contribution in [1.82, 2.24) is 4.90 Å². The summed E-state index contributed by atoms with van der Waals surface area (Å²) in [6.45, 7) is 0.119. The zero-order valence-corrected chi connectivity index (χ0v) is 18.3. The van der Waals surface area contributed by atoms with Gasteiger partial charge in [-0.25, -0.2) is 4.79 Å². The maximum absolute atomic E-state index is 12.8. The number of carbonyl (C=O) groups excluding carboxylic acids is 3. The van der Waals surface area contributed by atoms with Crippen LogP contribution < -0.4 is 14.8 Å². The number of halogens is 1. The van der Waals surface area contributed by atoms with E-state index in [1.165, 1.54) is 19.2 Å². The van der Waals surface area contributed by atoms with Gasteiger partial charge in [-0.3, -0.25) is 14.5 Å². The molecule has 0 atom stereocenters. The summed E-state index contributed by atoms with van der Waals surface area (Å²) in [5.74, 6) is -0.907. The lowest BCUT2D eigenvalue weighted by atomic mass is 10.2. The predicted octanol–water partition coefficient (Wildman–Crippen LogP) is 4.35. The Morgan fingerprint density at radius 3 is 2.18 bits per heavy atom. The largest absolute Gasteiger partial charge is 0.493 e. The number of hydrogen-bond donors (Lipinski definition) is 1. The van der Waals surface area contributed by atoms with Gasteiger partial charge in [0.15, 0.2) is 11.5 Å². The number of benzene rings is 3. The molecule has 4 rings (SSSR count). The molecule has 0 aliphatic carbocycles. The van der Waals surface area contributed by atoms with Crippen molar-refractivity contribution in [2.75, 3.05) is 12.4 Å². The second-order valence-corrected chi connectivity index (χ2v) is 7.49. The van der Waals surface area contributed by atoms with Crippen molar-refractivity contribution in [3.8, 4) is 11.5 Å². The van der Waals surface area contributed by atoms with Crippen LogP contribution in [0.15, 0.2) is 89.6 Å². The minimum atomic E-state index is -0.565. The zero-order chi connectivity index (χ0) is 23.4. The highest BCUT2D eigenvalue weighted by Gasteiger charge is 2.37. The molecule has 0 unspecified atom stereocenters. The van der Waals surface area contributed by atoms with Crippen LogP contribution in [-0.2, 0) is 16.1 Å². The first-order valence-corrected chi connectivity index (χ1v) is 10.4. The zero-order valence-electron chi connectivity index (χ0n) is 17.6. The summed E-state index contributed by atoms with van der Waals surface area (Å²) < 4.78 is 10.6. The maximum atomic E-state index is 12.8. The van der Waals surface area contributed by atoms with Gasteiger partial charge in [0.05, 0.1) is 19.2 Å². The summed E-state index contributed by atoms with van der Waals surface area (Å²) in [4.78, 5) is 38.8. The molecule has 2 amide bonds. The number of methoxy groups -OCH3 is 1. The van der Waals surface area contributed by atoms with Gasteiger partial charge in [-0.1, -0.05) is 54.1 Å². The van der Waals surface area contributed by atoms with Crippen LogP contribution in [0.25, 0.3) is 0 Å². The number of rotatable bonds is 7. The van der Waals surface area contributed by atoms with Crippen molar-refractivity contribution in [3.63, 3.8) is 0 Å². The van der Waals surface area contributed by atoms with E-state index in [0.29, 0.717) is 22.7 Å². The normalized spacial score (nSPS) is 13.3. The highest BCUT2D eigenvalue weighted by Crippen LogP contribution is 2.28. The molecular formula is C25H19ClN2O5. The summed E-state index contributed by atoms with van der Waals surface area (Å²) in [6.07, 6.45) is 0. The molecule has 0 aromatic heterocycles. The predicted molar refractivity (Wildman–Crippen MR) is 123 cm³/mol. The Labute approximate surface area is 195 Å². The number of para-hydroxylation sites is 2. The van der Waals surface area contributed by atoms with Crippen molar-refractivity contribution in [2.45, 2.75) is 6.54 Å². The topological polar surface area (TPSA) is 84.9 Å². The van der Waals surface area contributed by atoms with Crippen LogP contribution in [-0.4, -0.2) is 29.8 Å². The average Bonchev–Trinajstić information content (AvgIpc) is 3.04. The van der Waals surface area contributed by atoms with Crippen molar-refractivity contribution in [3.05, 3.63) is 101 Å². The Morgan fingerprint density at radius 1 is 0.879 bits per heavy atom. The van der Waals surface area contributed by atoms with Gasteiger partial charge < -0.3 is 14.8 Å². The number of anilines is 1. The number of amides is 2. The first kappa shape index (κ1) is 22.1. The van der Waals surface area contributed by atoms with Gasteiger partial charge in [0.2, 0.25) is 0 Å². The molecule has 0 saturated carbocycles. The van der Waals surface area contributed by atoms with E-state index >= 15 is 0 Å². The van der Waals surface area contributed by atoms with Crippen molar-refractivity contribution < 1.29 is 23.9 Å². The molecular weight excluding hydrogens is 444 g/mol. The lowest BCUT2D eigenvalue weighted by Crippen LogP contribution is -2.31.